The number of methoxy groups -OCH3 is 1. The van der Waals surface area contributed by atoms with E-state index in [2.05, 4.69) is 10.2 Å². The number of aromatic hydroxyl groups is 1. The fourth-order valence-electron chi connectivity index (χ4n) is 5.33. The van der Waals surface area contributed by atoms with Crippen molar-refractivity contribution in [3.05, 3.63) is 42.0 Å². The van der Waals surface area contributed by atoms with Gasteiger partial charge in [0.15, 0.2) is 0 Å². The lowest BCUT2D eigenvalue weighted by atomic mass is 9.88. The van der Waals surface area contributed by atoms with Crippen LogP contribution in [0.2, 0.25) is 0 Å². The molecule has 31 heavy (non-hydrogen) atoms. The Labute approximate surface area is 183 Å². The Hall–Kier alpha value is -2.60. The molecule has 0 spiro atoms. The summed E-state index contributed by atoms with van der Waals surface area (Å²) in [4.78, 5) is 27.9. The van der Waals surface area contributed by atoms with Gasteiger partial charge in [-0.25, -0.2) is 0 Å². The quantitative estimate of drug-likeness (QED) is 0.713. The van der Waals surface area contributed by atoms with Crippen LogP contribution in [0.1, 0.15) is 55.8 Å². The molecule has 1 aliphatic carbocycles. The number of rotatable bonds is 5. The van der Waals surface area contributed by atoms with Crippen molar-refractivity contribution < 1.29 is 19.4 Å². The molecule has 0 radical (unpaired) electrons. The Kier molecular flexibility index (Phi) is 6.19. The number of carbonyl (C=O) groups is 2. The third kappa shape index (κ3) is 4.26. The minimum atomic E-state index is -0.754. The number of nitrogens with zero attached hydrogens (tertiary/aromatic N) is 1. The first-order chi connectivity index (χ1) is 14.9. The van der Waals surface area contributed by atoms with E-state index >= 15 is 0 Å². The Morgan fingerprint density at radius 1 is 1.16 bits per heavy atom. The van der Waals surface area contributed by atoms with Crippen molar-refractivity contribution >= 4 is 22.6 Å². The molecule has 1 amide bonds. The number of phenols is 1. The van der Waals surface area contributed by atoms with Crippen molar-refractivity contribution in [2.24, 2.45) is 5.92 Å². The molecule has 2 aliphatic rings. The van der Waals surface area contributed by atoms with Crippen LogP contribution in [-0.2, 0) is 9.53 Å². The first-order valence-electron chi connectivity index (χ1n) is 11.3. The summed E-state index contributed by atoms with van der Waals surface area (Å²) < 4.78 is 5.13. The maximum Gasteiger partial charge on any atom is 0.326 e. The fourth-order valence-corrected chi connectivity index (χ4v) is 5.33. The van der Waals surface area contributed by atoms with E-state index in [0.29, 0.717) is 24.3 Å². The average Bonchev–Trinajstić information content (AvgIpc) is 3.09. The number of esters is 1. The number of ether oxygens (including phenoxy) is 1. The minimum Gasteiger partial charge on any atom is -0.506 e. The van der Waals surface area contributed by atoms with Crippen LogP contribution in [0.25, 0.3) is 10.8 Å². The molecule has 4 rings (SSSR count). The van der Waals surface area contributed by atoms with E-state index in [1.165, 1.54) is 39.2 Å². The van der Waals surface area contributed by atoms with Crippen molar-refractivity contribution in [3.63, 3.8) is 0 Å². The van der Waals surface area contributed by atoms with Gasteiger partial charge in [-0.2, -0.15) is 0 Å². The maximum absolute atomic E-state index is 13.0. The Balaban J connectivity index is 1.51. The zero-order valence-electron chi connectivity index (χ0n) is 18.4. The zero-order chi connectivity index (χ0) is 22.0. The molecule has 2 N–H and O–H groups in total. The summed E-state index contributed by atoms with van der Waals surface area (Å²) in [6, 6.07) is 10.7. The second-order valence-electron chi connectivity index (χ2n) is 9.23. The van der Waals surface area contributed by atoms with Crippen LogP contribution in [0.3, 0.4) is 0 Å². The van der Waals surface area contributed by atoms with Gasteiger partial charge < -0.3 is 15.2 Å². The van der Waals surface area contributed by atoms with Gasteiger partial charge in [-0.05, 0) is 43.6 Å². The van der Waals surface area contributed by atoms with Crippen molar-refractivity contribution in [2.75, 3.05) is 20.2 Å². The Morgan fingerprint density at radius 2 is 1.90 bits per heavy atom. The third-order valence-electron chi connectivity index (χ3n) is 7.09. The topological polar surface area (TPSA) is 78.9 Å². The van der Waals surface area contributed by atoms with Crippen LogP contribution >= 0.6 is 0 Å². The fraction of sp³-hybridized carbons (Fsp3) is 0.520. The lowest BCUT2D eigenvalue weighted by molar-refractivity contribution is -0.152. The van der Waals surface area contributed by atoms with Gasteiger partial charge in [0.25, 0.3) is 5.91 Å². The number of phenolic OH excluding ortho intramolecular Hbond substituents is 1. The van der Waals surface area contributed by atoms with E-state index in [0.717, 1.165) is 11.9 Å². The summed E-state index contributed by atoms with van der Waals surface area (Å²) in [6.45, 7) is 3.36. The van der Waals surface area contributed by atoms with Crippen LogP contribution in [-0.4, -0.2) is 53.7 Å². The second kappa shape index (κ2) is 8.87. The number of amides is 1. The summed E-state index contributed by atoms with van der Waals surface area (Å²) in [6.07, 6.45) is 6.65. The minimum absolute atomic E-state index is 0.0108. The number of nitrogens with one attached hydrogen (secondary N) is 1. The van der Waals surface area contributed by atoms with Crippen LogP contribution in [0.15, 0.2) is 36.4 Å². The Bertz CT molecular complexity index is 969. The predicted octanol–water partition coefficient (Wildman–Crippen LogP) is 3.86. The molecule has 2 atom stereocenters. The van der Waals surface area contributed by atoms with E-state index < -0.39 is 5.54 Å². The Morgan fingerprint density at radius 3 is 2.65 bits per heavy atom. The van der Waals surface area contributed by atoms with Crippen molar-refractivity contribution in [1.82, 2.24) is 10.2 Å². The first kappa shape index (κ1) is 21.6. The highest BCUT2D eigenvalue weighted by Gasteiger charge is 2.49. The highest BCUT2D eigenvalue weighted by Crippen LogP contribution is 2.35. The van der Waals surface area contributed by atoms with Crippen LogP contribution < -0.4 is 5.32 Å². The van der Waals surface area contributed by atoms with Crippen molar-refractivity contribution in [2.45, 2.75) is 57.0 Å². The maximum atomic E-state index is 13.0. The normalized spacial score (nSPS) is 24.9. The van der Waals surface area contributed by atoms with E-state index in [-0.39, 0.29) is 29.2 Å². The molecule has 0 aromatic heterocycles. The number of benzene rings is 2. The summed E-state index contributed by atoms with van der Waals surface area (Å²) in [5.41, 5.74) is -0.501. The third-order valence-corrected chi connectivity index (χ3v) is 7.09. The van der Waals surface area contributed by atoms with E-state index in [1.807, 2.05) is 31.2 Å². The summed E-state index contributed by atoms with van der Waals surface area (Å²) in [5, 5.41) is 15.2. The summed E-state index contributed by atoms with van der Waals surface area (Å²) >= 11 is 0. The summed E-state index contributed by atoms with van der Waals surface area (Å²) in [7, 11) is 1.42. The van der Waals surface area contributed by atoms with E-state index in [4.69, 9.17) is 4.74 Å². The zero-order valence-corrected chi connectivity index (χ0v) is 18.4. The molecular weight excluding hydrogens is 392 g/mol. The van der Waals surface area contributed by atoms with Crippen LogP contribution in [0, 0.1) is 5.92 Å². The average molecular weight is 425 g/mol. The highest BCUT2D eigenvalue weighted by molar-refractivity contribution is 6.03. The molecule has 0 bridgehead atoms. The van der Waals surface area contributed by atoms with Gasteiger partial charge >= 0.3 is 5.97 Å². The van der Waals surface area contributed by atoms with Gasteiger partial charge in [-0.15, -0.1) is 0 Å². The largest absolute Gasteiger partial charge is 0.506 e. The molecular formula is C25H32N2O4. The molecule has 2 aromatic rings. The number of hydrogen-bond acceptors (Lipinski definition) is 5. The molecule has 0 unspecified atom stereocenters. The molecule has 166 valence electrons. The SMILES string of the molecule is COC(=O)[C@]1(C)C[C@@H](NC(=O)c2ccc3ccccc3c2O)CN1CC1CCCCC1. The summed E-state index contributed by atoms with van der Waals surface area (Å²) in [5.74, 6) is -0.00583. The molecule has 2 fully saturated rings. The number of fused-ring (bicyclic) bond motifs is 1. The van der Waals surface area contributed by atoms with Gasteiger partial charge in [0.2, 0.25) is 0 Å². The van der Waals surface area contributed by atoms with E-state index in [9.17, 15) is 14.7 Å². The molecule has 6 nitrogen and oxygen atoms in total. The molecule has 6 heteroatoms. The molecule has 2 aromatic carbocycles. The van der Waals surface area contributed by atoms with Gasteiger partial charge in [0.1, 0.15) is 11.3 Å². The van der Waals surface area contributed by atoms with Crippen LogP contribution in [0.5, 0.6) is 5.75 Å². The molecule has 1 aliphatic heterocycles. The predicted molar refractivity (Wildman–Crippen MR) is 120 cm³/mol. The van der Waals surface area contributed by atoms with Gasteiger partial charge in [0, 0.05) is 24.5 Å². The number of carbonyl (C=O) groups excluding carboxylic acids is 2. The van der Waals surface area contributed by atoms with Gasteiger partial charge in [-0.1, -0.05) is 49.6 Å². The molecule has 1 saturated carbocycles. The highest BCUT2D eigenvalue weighted by atomic mass is 16.5. The van der Waals surface area contributed by atoms with Crippen molar-refractivity contribution in [1.29, 1.82) is 0 Å². The van der Waals surface area contributed by atoms with Gasteiger partial charge in [-0.3, -0.25) is 14.5 Å². The number of hydrogen-bond donors (Lipinski definition) is 2. The van der Waals surface area contributed by atoms with Gasteiger partial charge in [0.05, 0.1) is 12.7 Å². The van der Waals surface area contributed by atoms with E-state index in [1.54, 1.807) is 12.1 Å². The standard InChI is InChI=1S/C25H32N2O4/c1-25(24(30)31-2)14-19(16-27(25)15-17-8-4-3-5-9-17)26-23(29)21-13-12-18-10-6-7-11-20(18)22(21)28/h6-7,10-13,17,19,28H,3-5,8-9,14-16H2,1-2H3,(H,26,29)/t19-,25+/m1/s1. The second-order valence-corrected chi connectivity index (χ2v) is 9.23. The lowest BCUT2D eigenvalue weighted by Gasteiger charge is -2.35. The monoisotopic (exact) mass is 424 g/mol. The molecule has 1 heterocycles. The molecule has 1 saturated heterocycles. The first-order valence-corrected chi connectivity index (χ1v) is 11.3. The lowest BCUT2D eigenvalue weighted by Crippen LogP contribution is -2.50. The number of likely N-dealkylation sites (tertiary alicyclic amines) is 1. The smallest absolute Gasteiger partial charge is 0.326 e. The van der Waals surface area contributed by atoms with Crippen LogP contribution in [0.4, 0.5) is 0 Å². The van der Waals surface area contributed by atoms with Crippen molar-refractivity contribution in [3.8, 4) is 5.75 Å².